The van der Waals surface area contributed by atoms with Crippen molar-refractivity contribution in [1.29, 1.82) is 0 Å². The summed E-state index contributed by atoms with van der Waals surface area (Å²) in [6.07, 6.45) is 0. The van der Waals surface area contributed by atoms with Crippen molar-refractivity contribution in [1.82, 2.24) is 0 Å². The summed E-state index contributed by atoms with van der Waals surface area (Å²) >= 11 is 0. The van der Waals surface area contributed by atoms with Crippen LogP contribution in [0.1, 0.15) is 1.43 Å². The van der Waals surface area contributed by atoms with Gasteiger partial charge in [-0.3, -0.25) is 0 Å². The summed E-state index contributed by atoms with van der Waals surface area (Å²) < 4.78 is 0. The number of hydrogen-bond donors (Lipinski definition) is 3. The van der Waals surface area contributed by atoms with Crippen LogP contribution >= 0.6 is 0 Å². The van der Waals surface area contributed by atoms with Crippen molar-refractivity contribution in [2.24, 2.45) is 0 Å². The summed E-state index contributed by atoms with van der Waals surface area (Å²) in [5.41, 5.74) is 0. The molecule has 0 aliphatic carbocycles. The average molecular weight is 99.8 g/mol. The molecule has 32 valence electrons. The van der Waals surface area contributed by atoms with Crippen molar-refractivity contribution in [3.8, 4) is 0 Å². The second kappa shape index (κ2) is 9.42. The van der Waals surface area contributed by atoms with E-state index in [9.17, 15) is 0 Å². The molecule has 0 unspecified atom stereocenters. The van der Waals surface area contributed by atoms with Gasteiger partial charge in [-0.15, -0.1) is 0 Å². The Balaban J connectivity index is -0.0000000150. The predicted molar refractivity (Wildman–Crippen MR) is 23.5 cm³/mol. The normalized spacial score (nSPS) is 4.50. The zero-order chi connectivity index (χ0) is 3.58. The summed E-state index contributed by atoms with van der Waals surface area (Å²) in [5.74, 6) is 0. The Morgan fingerprint density at radius 3 is 1.17 bits per heavy atom. The van der Waals surface area contributed by atoms with Crippen LogP contribution in [0.3, 0.4) is 0 Å². The largest absolute Gasteiger partial charge is 1.00 e. The first-order valence-corrected chi connectivity index (χ1v) is 0.775. The molecule has 0 radical (unpaired) electrons. The van der Waals surface area contributed by atoms with Crippen LogP contribution < -0.4 is 18.9 Å². The van der Waals surface area contributed by atoms with Crippen LogP contribution in [0.4, 0.5) is 0 Å². The van der Waals surface area contributed by atoms with Gasteiger partial charge >= 0.3 is 26.2 Å². The quantitative estimate of drug-likeness (QED) is 0.265. The van der Waals surface area contributed by atoms with Gasteiger partial charge in [-0.1, -0.05) is 0 Å². The van der Waals surface area contributed by atoms with E-state index in [1.807, 2.05) is 0 Å². The van der Waals surface area contributed by atoms with Gasteiger partial charge in [0.1, 0.15) is 0 Å². The van der Waals surface area contributed by atoms with E-state index in [1.165, 1.54) is 0 Å². The average Bonchev–Trinajstić information content (AvgIpc) is 0.811. The Labute approximate surface area is 60.3 Å². The van der Waals surface area contributed by atoms with Crippen LogP contribution in [0.2, 0.25) is 0 Å². The molecule has 6 heavy (non-hydrogen) atoms. The molecule has 0 saturated heterocycles. The van der Waals surface area contributed by atoms with Crippen molar-refractivity contribution in [3.63, 3.8) is 0 Å². The van der Waals surface area contributed by atoms with Gasteiger partial charge in [0.25, 0.3) is 0 Å². The topological polar surface area (TPSA) is 60.7 Å². The molecule has 0 saturated carbocycles. The first kappa shape index (κ1) is 15.7. The van der Waals surface area contributed by atoms with Crippen LogP contribution in [0.5, 0.6) is 0 Å². The van der Waals surface area contributed by atoms with E-state index >= 15 is 0 Å². The SMILES string of the molecule is OB(O)O.[AlH3].[H-].[Li+]. The van der Waals surface area contributed by atoms with E-state index < -0.39 is 7.32 Å². The van der Waals surface area contributed by atoms with Crippen molar-refractivity contribution in [2.75, 3.05) is 0 Å². The maximum Gasteiger partial charge on any atom is 1.00 e. The Morgan fingerprint density at radius 2 is 1.17 bits per heavy atom. The van der Waals surface area contributed by atoms with Crippen LogP contribution in [0.25, 0.3) is 0 Å². The number of hydrogen-bond acceptors (Lipinski definition) is 3. The zero-order valence-electron chi connectivity index (χ0n) is 3.92. The van der Waals surface area contributed by atoms with E-state index in [0.29, 0.717) is 0 Å². The van der Waals surface area contributed by atoms with Gasteiger partial charge in [0.15, 0.2) is 17.4 Å². The third-order valence-corrected chi connectivity index (χ3v) is 0. The molecule has 0 spiro atoms. The minimum atomic E-state index is -2.17. The van der Waals surface area contributed by atoms with E-state index in [0.717, 1.165) is 0 Å². The van der Waals surface area contributed by atoms with Crippen molar-refractivity contribution in [2.45, 2.75) is 0 Å². The second-order valence-electron chi connectivity index (χ2n) is 0.346. The maximum atomic E-state index is 7.17. The van der Waals surface area contributed by atoms with Crippen LogP contribution in [-0.4, -0.2) is 39.8 Å². The van der Waals surface area contributed by atoms with Crippen molar-refractivity contribution < 1.29 is 35.4 Å². The molecule has 0 aromatic rings. The minimum absolute atomic E-state index is 0. The van der Waals surface area contributed by atoms with Gasteiger partial charge < -0.3 is 16.5 Å². The molecule has 0 heterocycles. The Bertz CT molecular complexity index is 19.7. The molecule has 6 heteroatoms. The number of rotatable bonds is 0. The van der Waals surface area contributed by atoms with Gasteiger partial charge in [0.2, 0.25) is 0 Å². The Morgan fingerprint density at radius 1 is 1.17 bits per heavy atom. The summed E-state index contributed by atoms with van der Waals surface area (Å²) in [5, 5.41) is 21.5. The van der Waals surface area contributed by atoms with Crippen LogP contribution in [-0.2, 0) is 0 Å². The van der Waals surface area contributed by atoms with E-state index in [4.69, 9.17) is 15.1 Å². The summed E-state index contributed by atoms with van der Waals surface area (Å²) in [7, 11) is -2.17. The molecule has 0 atom stereocenters. The molecule has 3 N–H and O–H groups in total. The third-order valence-electron chi connectivity index (χ3n) is 0. The van der Waals surface area contributed by atoms with Crippen molar-refractivity contribution in [3.05, 3.63) is 0 Å². The predicted octanol–water partition coefficient (Wildman–Crippen LogP) is -6.12. The Hall–Kier alpha value is 1.07. The molecule has 0 aromatic carbocycles. The molecular weight excluding hydrogens is 92.7 g/mol. The fourth-order valence-electron chi connectivity index (χ4n) is 0. The molecule has 0 amide bonds. The fraction of sp³-hybridized carbons (Fsp3) is 0. The van der Waals surface area contributed by atoms with E-state index in [-0.39, 0.29) is 37.6 Å². The standard InChI is InChI=1S/Al.BH3O3.Li.4H/c;2-1(3)4;;;;;/h;2-4H;;;;;/q;;+1;;;;-1. The van der Waals surface area contributed by atoms with E-state index in [2.05, 4.69) is 0 Å². The molecule has 0 aliphatic rings. The van der Waals surface area contributed by atoms with Crippen LogP contribution in [0.15, 0.2) is 0 Å². The van der Waals surface area contributed by atoms with Crippen molar-refractivity contribution >= 4 is 24.7 Å². The summed E-state index contributed by atoms with van der Waals surface area (Å²) in [4.78, 5) is 0. The molecule has 0 bridgehead atoms. The van der Waals surface area contributed by atoms with Crippen LogP contribution in [0, 0.1) is 0 Å². The minimum Gasteiger partial charge on any atom is -1.00 e. The zero-order valence-corrected chi connectivity index (χ0v) is 2.92. The maximum absolute atomic E-state index is 7.17. The molecule has 0 aliphatic heterocycles. The molecule has 0 aromatic heterocycles. The first-order chi connectivity index (χ1) is 1.73. The molecule has 0 fully saturated rings. The Kier molecular flexibility index (Phi) is 24.7. The second-order valence-corrected chi connectivity index (χ2v) is 0.346. The molecule has 3 nitrogen and oxygen atoms in total. The van der Waals surface area contributed by atoms with E-state index in [1.54, 1.807) is 0 Å². The monoisotopic (exact) mass is 100 g/mol. The first-order valence-electron chi connectivity index (χ1n) is 0.775. The fourth-order valence-corrected chi connectivity index (χ4v) is 0. The molecule has 0 rings (SSSR count). The van der Waals surface area contributed by atoms with Gasteiger partial charge in [-0.05, 0) is 0 Å². The van der Waals surface area contributed by atoms with Gasteiger partial charge in [0, 0.05) is 0 Å². The van der Waals surface area contributed by atoms with Gasteiger partial charge in [-0.25, -0.2) is 0 Å². The summed E-state index contributed by atoms with van der Waals surface area (Å²) in [6.45, 7) is 0. The smallest absolute Gasteiger partial charge is 1.00 e. The molecular formula is H7AlBLiO3. The van der Waals surface area contributed by atoms with Gasteiger partial charge in [-0.2, -0.15) is 0 Å². The van der Waals surface area contributed by atoms with Gasteiger partial charge in [0.05, 0.1) is 0 Å². The third kappa shape index (κ3) is 72.9. The summed E-state index contributed by atoms with van der Waals surface area (Å²) in [6, 6.07) is 0.